The number of aromatic nitrogens is 1. The van der Waals surface area contributed by atoms with Crippen LogP contribution in [0.2, 0.25) is 0 Å². The highest BCUT2D eigenvalue weighted by Crippen LogP contribution is 2.31. The van der Waals surface area contributed by atoms with Gasteiger partial charge in [0.1, 0.15) is 22.7 Å². The molecular formula is C24H19FN2O4. The van der Waals surface area contributed by atoms with E-state index >= 15 is 0 Å². The minimum atomic E-state index is -1.37. The van der Waals surface area contributed by atoms with Crippen molar-refractivity contribution >= 4 is 22.6 Å². The lowest BCUT2D eigenvalue weighted by atomic mass is 10.0. The maximum absolute atomic E-state index is 14.1. The molecule has 1 unspecified atom stereocenters. The van der Waals surface area contributed by atoms with Crippen LogP contribution in [0.5, 0.6) is 0 Å². The molecule has 2 aromatic heterocycles. The van der Waals surface area contributed by atoms with Crippen LogP contribution < -0.4 is 10.7 Å². The van der Waals surface area contributed by atoms with Gasteiger partial charge in [-0.05, 0) is 49.7 Å². The summed E-state index contributed by atoms with van der Waals surface area (Å²) < 4.78 is 20.2. The van der Waals surface area contributed by atoms with Crippen molar-refractivity contribution in [2.24, 2.45) is 0 Å². The van der Waals surface area contributed by atoms with Crippen molar-refractivity contribution in [3.8, 4) is 11.5 Å². The zero-order valence-electron chi connectivity index (χ0n) is 16.8. The van der Waals surface area contributed by atoms with Crippen LogP contribution in [0.1, 0.15) is 34.5 Å². The molecule has 0 spiro atoms. The van der Waals surface area contributed by atoms with Crippen LogP contribution in [-0.2, 0) is 0 Å². The van der Waals surface area contributed by atoms with Crippen molar-refractivity contribution in [3.05, 3.63) is 93.5 Å². The van der Waals surface area contributed by atoms with Gasteiger partial charge in [-0.25, -0.2) is 9.18 Å². The highest BCUT2D eigenvalue weighted by atomic mass is 19.1. The Labute approximate surface area is 177 Å². The SMILES string of the molecule is Cc1cc(C(C)Nc2cccc(F)c2C(=O)O)c2oc(-c3ccccn3)cc(=O)c2c1. The van der Waals surface area contributed by atoms with Gasteiger partial charge in [-0.1, -0.05) is 18.2 Å². The number of carbonyl (C=O) groups is 1. The Morgan fingerprint density at radius 2 is 1.97 bits per heavy atom. The number of hydrogen-bond acceptors (Lipinski definition) is 5. The number of carboxylic acids is 1. The van der Waals surface area contributed by atoms with Crippen molar-refractivity contribution in [1.29, 1.82) is 0 Å². The maximum atomic E-state index is 14.1. The number of nitrogens with zero attached hydrogens (tertiary/aromatic N) is 1. The lowest BCUT2D eigenvalue weighted by Crippen LogP contribution is -2.13. The first-order valence-corrected chi connectivity index (χ1v) is 9.63. The predicted octanol–water partition coefficient (Wildman–Crippen LogP) is 5.17. The summed E-state index contributed by atoms with van der Waals surface area (Å²) in [7, 11) is 0. The molecule has 0 fully saturated rings. The highest BCUT2D eigenvalue weighted by molar-refractivity contribution is 5.94. The Morgan fingerprint density at radius 3 is 2.68 bits per heavy atom. The summed E-state index contributed by atoms with van der Waals surface area (Å²) in [6.45, 7) is 3.64. The molecular weight excluding hydrogens is 399 g/mol. The van der Waals surface area contributed by atoms with Crippen molar-refractivity contribution in [2.75, 3.05) is 5.32 Å². The van der Waals surface area contributed by atoms with Crippen molar-refractivity contribution in [3.63, 3.8) is 0 Å². The van der Waals surface area contributed by atoms with Gasteiger partial charge in [0, 0.05) is 17.8 Å². The average Bonchev–Trinajstić information content (AvgIpc) is 2.74. The number of nitrogens with one attached hydrogen (secondary N) is 1. The molecule has 0 amide bonds. The van der Waals surface area contributed by atoms with E-state index in [0.29, 0.717) is 28.0 Å². The molecule has 1 atom stereocenters. The van der Waals surface area contributed by atoms with E-state index in [2.05, 4.69) is 10.3 Å². The third kappa shape index (κ3) is 3.90. The van der Waals surface area contributed by atoms with E-state index < -0.39 is 23.4 Å². The maximum Gasteiger partial charge on any atom is 0.340 e. The summed E-state index contributed by atoms with van der Waals surface area (Å²) >= 11 is 0. The number of carboxylic acid groups (broad SMARTS) is 1. The second-order valence-electron chi connectivity index (χ2n) is 7.25. The Balaban J connectivity index is 1.86. The topological polar surface area (TPSA) is 92.4 Å². The highest BCUT2D eigenvalue weighted by Gasteiger charge is 2.20. The Bertz CT molecular complexity index is 1350. The average molecular weight is 418 g/mol. The number of hydrogen-bond donors (Lipinski definition) is 2. The molecule has 0 bridgehead atoms. The van der Waals surface area contributed by atoms with E-state index in [9.17, 15) is 19.1 Å². The van der Waals surface area contributed by atoms with Crippen LogP contribution in [0.15, 0.2) is 70.0 Å². The summed E-state index contributed by atoms with van der Waals surface area (Å²) in [5.74, 6) is -1.87. The van der Waals surface area contributed by atoms with Gasteiger partial charge in [0.15, 0.2) is 11.2 Å². The number of benzene rings is 2. The van der Waals surface area contributed by atoms with Gasteiger partial charge in [-0.15, -0.1) is 0 Å². The van der Waals surface area contributed by atoms with Gasteiger partial charge < -0.3 is 14.8 Å². The molecule has 0 radical (unpaired) electrons. The fourth-order valence-electron chi connectivity index (χ4n) is 3.56. The molecule has 7 heteroatoms. The first kappa shape index (κ1) is 20.3. The van der Waals surface area contributed by atoms with Gasteiger partial charge >= 0.3 is 5.97 Å². The quantitative estimate of drug-likeness (QED) is 0.464. The Hall–Kier alpha value is -4.00. The second kappa shape index (κ2) is 8.02. The van der Waals surface area contributed by atoms with E-state index in [1.807, 2.05) is 13.0 Å². The Kier molecular flexibility index (Phi) is 5.25. The summed E-state index contributed by atoms with van der Waals surface area (Å²) in [5.41, 5.74) is 1.85. The number of aromatic carboxylic acids is 1. The Morgan fingerprint density at radius 1 is 1.16 bits per heavy atom. The van der Waals surface area contributed by atoms with E-state index in [4.69, 9.17) is 4.42 Å². The lowest BCUT2D eigenvalue weighted by Gasteiger charge is -2.19. The van der Waals surface area contributed by atoms with Gasteiger partial charge in [0.25, 0.3) is 0 Å². The predicted molar refractivity (Wildman–Crippen MR) is 116 cm³/mol. The van der Waals surface area contributed by atoms with Crippen molar-refractivity contribution in [1.82, 2.24) is 4.98 Å². The summed E-state index contributed by atoms with van der Waals surface area (Å²) in [6.07, 6.45) is 1.61. The van der Waals surface area contributed by atoms with Gasteiger partial charge in [0.05, 0.1) is 17.1 Å². The van der Waals surface area contributed by atoms with E-state index in [-0.39, 0.29) is 11.1 Å². The summed E-state index contributed by atoms with van der Waals surface area (Å²) in [4.78, 5) is 28.6. The molecule has 2 heterocycles. The standard InChI is InChI=1S/C24H19FN2O4/c1-13-10-15(14(2)27-19-8-5-6-17(25)22(19)24(29)30)23-16(11-13)20(28)12-21(31-23)18-7-3-4-9-26-18/h3-12,14,27H,1-2H3,(H,29,30). The van der Waals surface area contributed by atoms with E-state index in [0.717, 1.165) is 11.6 Å². The second-order valence-corrected chi connectivity index (χ2v) is 7.25. The van der Waals surface area contributed by atoms with Crippen molar-refractivity contribution < 1.29 is 18.7 Å². The van der Waals surface area contributed by atoms with Crippen LogP contribution >= 0.6 is 0 Å². The number of halogens is 1. The number of fused-ring (bicyclic) bond motifs is 1. The van der Waals surface area contributed by atoms with Gasteiger partial charge in [-0.3, -0.25) is 9.78 Å². The fourth-order valence-corrected chi connectivity index (χ4v) is 3.56. The van der Waals surface area contributed by atoms with Gasteiger partial charge in [-0.2, -0.15) is 0 Å². The molecule has 0 aliphatic rings. The number of rotatable bonds is 5. The van der Waals surface area contributed by atoms with Gasteiger partial charge in [0.2, 0.25) is 0 Å². The molecule has 31 heavy (non-hydrogen) atoms. The molecule has 156 valence electrons. The summed E-state index contributed by atoms with van der Waals surface area (Å²) in [5, 5.41) is 12.9. The smallest absolute Gasteiger partial charge is 0.340 e. The van der Waals surface area contributed by atoms with Crippen LogP contribution in [0.25, 0.3) is 22.4 Å². The zero-order valence-corrected chi connectivity index (χ0v) is 16.8. The largest absolute Gasteiger partial charge is 0.478 e. The lowest BCUT2D eigenvalue weighted by molar-refractivity contribution is 0.0693. The molecule has 4 rings (SSSR count). The third-order valence-electron chi connectivity index (χ3n) is 4.98. The first-order valence-electron chi connectivity index (χ1n) is 9.63. The molecule has 0 saturated carbocycles. The molecule has 0 saturated heterocycles. The normalized spacial score (nSPS) is 12.0. The first-order chi connectivity index (χ1) is 14.8. The fraction of sp³-hybridized carbons (Fsp3) is 0.125. The molecule has 0 aliphatic carbocycles. The third-order valence-corrected chi connectivity index (χ3v) is 4.98. The molecule has 2 aromatic carbocycles. The molecule has 6 nitrogen and oxygen atoms in total. The van der Waals surface area contributed by atoms with Crippen LogP contribution in [0.3, 0.4) is 0 Å². The number of aryl methyl sites for hydroxylation is 1. The molecule has 0 aliphatic heterocycles. The summed E-state index contributed by atoms with van der Waals surface area (Å²) in [6, 6.07) is 13.8. The van der Waals surface area contributed by atoms with Crippen LogP contribution in [0, 0.1) is 12.7 Å². The van der Waals surface area contributed by atoms with E-state index in [1.54, 1.807) is 37.4 Å². The van der Waals surface area contributed by atoms with Crippen LogP contribution in [-0.4, -0.2) is 16.1 Å². The minimum absolute atomic E-state index is 0.137. The minimum Gasteiger partial charge on any atom is -0.478 e. The van der Waals surface area contributed by atoms with E-state index in [1.165, 1.54) is 18.2 Å². The monoisotopic (exact) mass is 418 g/mol. The van der Waals surface area contributed by atoms with Crippen molar-refractivity contribution in [2.45, 2.75) is 19.9 Å². The number of anilines is 1. The zero-order chi connectivity index (χ0) is 22.1. The van der Waals surface area contributed by atoms with Crippen LogP contribution in [0.4, 0.5) is 10.1 Å². The molecule has 4 aromatic rings. The number of pyridine rings is 1. The molecule has 2 N–H and O–H groups in total.